The molecule has 3 rings (SSSR count). The van der Waals surface area contributed by atoms with Gasteiger partial charge in [0.1, 0.15) is 17.3 Å². The van der Waals surface area contributed by atoms with Gasteiger partial charge >= 0.3 is 0 Å². The number of aromatic nitrogens is 3. The number of hydrogen-bond acceptors (Lipinski definition) is 6. The monoisotopic (exact) mass is 430 g/mol. The number of nitrogens with one attached hydrogen (secondary N) is 1. The molecule has 7 nitrogen and oxygen atoms in total. The minimum Gasteiger partial charge on any atom is -0.497 e. The van der Waals surface area contributed by atoms with Crippen molar-refractivity contribution in [2.45, 2.75) is 30.4 Å². The molecule has 1 aromatic heterocycles. The zero-order valence-corrected chi connectivity index (χ0v) is 17.9. The molecule has 1 N–H and O–H groups in total. The molecule has 0 spiro atoms. The van der Waals surface area contributed by atoms with Gasteiger partial charge in [-0.3, -0.25) is 4.79 Å². The molecule has 30 heavy (non-hydrogen) atoms. The Kier molecular flexibility index (Phi) is 6.94. The Bertz CT molecular complexity index is 1010. The molecule has 3 aromatic rings. The third kappa shape index (κ3) is 5.29. The number of ether oxygens (including phenoxy) is 2. The molecule has 2 atom stereocenters. The molecule has 0 fully saturated rings. The van der Waals surface area contributed by atoms with Crippen LogP contribution in [0.1, 0.15) is 25.8 Å². The van der Waals surface area contributed by atoms with Gasteiger partial charge in [-0.15, -0.1) is 10.2 Å². The summed E-state index contributed by atoms with van der Waals surface area (Å²) < 4.78 is 26.0. The number of nitrogens with zero attached hydrogens (tertiary/aromatic N) is 3. The molecule has 0 aliphatic carbocycles. The van der Waals surface area contributed by atoms with E-state index in [4.69, 9.17) is 9.47 Å². The predicted octanol–water partition coefficient (Wildman–Crippen LogP) is 4.22. The van der Waals surface area contributed by atoms with Gasteiger partial charge in [-0.25, -0.2) is 4.39 Å². The summed E-state index contributed by atoms with van der Waals surface area (Å²) in [4.78, 5) is 12.4. The van der Waals surface area contributed by atoms with Crippen LogP contribution in [0.2, 0.25) is 0 Å². The third-order valence-electron chi connectivity index (χ3n) is 4.35. The van der Waals surface area contributed by atoms with Crippen molar-refractivity contribution >= 4 is 23.4 Å². The molecule has 158 valence electrons. The molecular weight excluding hydrogens is 407 g/mol. The van der Waals surface area contributed by atoms with Gasteiger partial charge in [0.25, 0.3) is 0 Å². The first-order chi connectivity index (χ1) is 14.4. The molecule has 1 heterocycles. The van der Waals surface area contributed by atoms with Crippen molar-refractivity contribution in [2.75, 3.05) is 12.4 Å². The van der Waals surface area contributed by atoms with E-state index < -0.39 is 5.25 Å². The Morgan fingerprint density at radius 3 is 2.53 bits per heavy atom. The maximum Gasteiger partial charge on any atom is 0.237 e. The zero-order valence-electron chi connectivity index (χ0n) is 17.1. The third-order valence-corrected chi connectivity index (χ3v) is 5.48. The van der Waals surface area contributed by atoms with E-state index in [2.05, 4.69) is 15.5 Å². The second-order valence-corrected chi connectivity index (χ2v) is 7.90. The maximum absolute atomic E-state index is 13.0. The number of rotatable bonds is 8. The summed E-state index contributed by atoms with van der Waals surface area (Å²) in [5, 5.41) is 11.3. The fourth-order valence-electron chi connectivity index (χ4n) is 2.70. The lowest BCUT2D eigenvalue weighted by Gasteiger charge is -2.15. The van der Waals surface area contributed by atoms with Crippen LogP contribution in [0.4, 0.5) is 10.1 Å². The average Bonchev–Trinajstić information content (AvgIpc) is 3.10. The van der Waals surface area contributed by atoms with Crippen molar-refractivity contribution < 1.29 is 18.7 Å². The van der Waals surface area contributed by atoms with Crippen LogP contribution in [0, 0.1) is 5.82 Å². The Balaban J connectivity index is 1.63. The Hall–Kier alpha value is -3.07. The van der Waals surface area contributed by atoms with Crippen LogP contribution in [0.25, 0.3) is 0 Å². The zero-order chi connectivity index (χ0) is 21.7. The van der Waals surface area contributed by atoms with Crippen molar-refractivity contribution in [3.05, 3.63) is 60.2 Å². The van der Waals surface area contributed by atoms with Gasteiger partial charge in [-0.05, 0) is 50.2 Å². The first kappa shape index (κ1) is 21.6. The topological polar surface area (TPSA) is 78.3 Å². The molecule has 0 radical (unpaired) electrons. The second-order valence-electron chi connectivity index (χ2n) is 6.60. The van der Waals surface area contributed by atoms with Crippen LogP contribution in [0.5, 0.6) is 11.5 Å². The molecular formula is C21H23FN4O3S. The minimum absolute atomic E-state index is 0.211. The Labute approximate surface area is 178 Å². The summed E-state index contributed by atoms with van der Waals surface area (Å²) in [6, 6.07) is 13.0. The highest BCUT2D eigenvalue weighted by atomic mass is 32.2. The van der Waals surface area contributed by atoms with E-state index in [1.807, 2.05) is 32.2 Å². The maximum atomic E-state index is 13.0. The van der Waals surface area contributed by atoms with Gasteiger partial charge in [0.2, 0.25) is 5.91 Å². The molecule has 0 bridgehead atoms. The van der Waals surface area contributed by atoms with E-state index in [1.54, 1.807) is 24.7 Å². The minimum atomic E-state index is -0.430. The lowest BCUT2D eigenvalue weighted by atomic mass is 10.3. The van der Waals surface area contributed by atoms with Crippen molar-refractivity contribution in [1.82, 2.24) is 14.8 Å². The number of carbonyl (C=O) groups excluding carboxylic acids is 1. The number of benzene rings is 2. The summed E-state index contributed by atoms with van der Waals surface area (Å²) >= 11 is 1.28. The van der Waals surface area contributed by atoms with Crippen LogP contribution >= 0.6 is 11.8 Å². The number of halogens is 1. The summed E-state index contributed by atoms with van der Waals surface area (Å²) in [6.07, 6.45) is -0.354. The summed E-state index contributed by atoms with van der Waals surface area (Å²) in [5.41, 5.74) is 0.535. The van der Waals surface area contributed by atoms with E-state index in [9.17, 15) is 9.18 Å². The van der Waals surface area contributed by atoms with E-state index in [-0.39, 0.29) is 17.8 Å². The van der Waals surface area contributed by atoms with E-state index in [1.165, 1.54) is 36.0 Å². The van der Waals surface area contributed by atoms with Gasteiger partial charge in [0.05, 0.1) is 12.4 Å². The highest BCUT2D eigenvalue weighted by Crippen LogP contribution is 2.27. The molecule has 0 saturated heterocycles. The van der Waals surface area contributed by atoms with E-state index in [0.29, 0.717) is 28.2 Å². The van der Waals surface area contributed by atoms with Crippen molar-refractivity contribution in [1.29, 1.82) is 0 Å². The summed E-state index contributed by atoms with van der Waals surface area (Å²) in [5.74, 6) is 1.43. The highest BCUT2D eigenvalue weighted by molar-refractivity contribution is 8.00. The molecule has 0 aliphatic heterocycles. The predicted molar refractivity (Wildman–Crippen MR) is 113 cm³/mol. The van der Waals surface area contributed by atoms with E-state index >= 15 is 0 Å². The second kappa shape index (κ2) is 9.62. The van der Waals surface area contributed by atoms with Gasteiger partial charge in [0, 0.05) is 18.8 Å². The van der Waals surface area contributed by atoms with Crippen LogP contribution in [-0.4, -0.2) is 33.0 Å². The average molecular weight is 431 g/mol. The van der Waals surface area contributed by atoms with Crippen LogP contribution in [0.3, 0.4) is 0 Å². The van der Waals surface area contributed by atoms with Gasteiger partial charge < -0.3 is 19.4 Å². The molecule has 2 unspecified atom stereocenters. The number of thioether (sulfide) groups is 1. The van der Waals surface area contributed by atoms with Gasteiger partial charge in [-0.1, -0.05) is 17.8 Å². The smallest absolute Gasteiger partial charge is 0.237 e. The van der Waals surface area contributed by atoms with Crippen molar-refractivity contribution in [3.63, 3.8) is 0 Å². The lowest BCUT2D eigenvalue weighted by molar-refractivity contribution is -0.115. The van der Waals surface area contributed by atoms with Crippen molar-refractivity contribution in [2.24, 2.45) is 7.05 Å². The fraction of sp³-hybridized carbons (Fsp3) is 0.286. The largest absolute Gasteiger partial charge is 0.497 e. The quantitative estimate of drug-likeness (QED) is 0.539. The molecule has 9 heteroatoms. The summed E-state index contributed by atoms with van der Waals surface area (Å²) in [7, 11) is 3.43. The molecule has 0 saturated carbocycles. The number of anilines is 1. The van der Waals surface area contributed by atoms with Crippen LogP contribution < -0.4 is 14.8 Å². The molecule has 0 aliphatic rings. The number of amides is 1. The van der Waals surface area contributed by atoms with Gasteiger partial charge in [-0.2, -0.15) is 0 Å². The SMILES string of the molecule is COc1cccc(OC(C)c2nnc(SC(C)C(=O)Nc3ccc(F)cc3)n2C)c1. The number of carbonyl (C=O) groups is 1. The Morgan fingerprint density at radius 1 is 1.13 bits per heavy atom. The first-order valence-electron chi connectivity index (χ1n) is 9.30. The normalized spacial score (nSPS) is 12.8. The molecule has 1 amide bonds. The van der Waals surface area contributed by atoms with Crippen molar-refractivity contribution in [3.8, 4) is 11.5 Å². The van der Waals surface area contributed by atoms with Gasteiger partial charge in [0.15, 0.2) is 17.1 Å². The number of hydrogen-bond donors (Lipinski definition) is 1. The first-order valence-corrected chi connectivity index (χ1v) is 10.2. The summed E-state index contributed by atoms with van der Waals surface area (Å²) in [6.45, 7) is 3.65. The lowest BCUT2D eigenvalue weighted by Crippen LogP contribution is -2.23. The highest BCUT2D eigenvalue weighted by Gasteiger charge is 2.22. The fourth-order valence-corrected chi connectivity index (χ4v) is 3.52. The standard InChI is InChI=1S/C21H23FN4O3S/c1-13(29-18-7-5-6-17(12-18)28-4)19-24-25-21(26(19)3)30-14(2)20(27)23-16-10-8-15(22)9-11-16/h5-14H,1-4H3,(H,23,27). The van der Waals surface area contributed by atoms with E-state index in [0.717, 1.165) is 0 Å². The van der Waals surface area contributed by atoms with Crippen LogP contribution in [0.15, 0.2) is 53.7 Å². The molecule has 2 aromatic carbocycles. The van der Waals surface area contributed by atoms with Crippen LogP contribution in [-0.2, 0) is 11.8 Å². The number of methoxy groups -OCH3 is 1. The Morgan fingerprint density at radius 2 is 1.83 bits per heavy atom.